The van der Waals surface area contributed by atoms with Gasteiger partial charge in [-0.3, -0.25) is 4.79 Å². The Morgan fingerprint density at radius 3 is 2.50 bits per heavy atom. The summed E-state index contributed by atoms with van der Waals surface area (Å²) in [4.78, 5) is 12.1. The second-order valence-corrected chi connectivity index (χ2v) is 4.85. The maximum absolute atomic E-state index is 12.2. The summed E-state index contributed by atoms with van der Waals surface area (Å²) in [6, 6.07) is 10.5. The lowest BCUT2D eigenvalue weighted by molar-refractivity contribution is -0.274. The van der Waals surface area contributed by atoms with Gasteiger partial charge in [0.1, 0.15) is 5.75 Å². The standard InChI is InChI=1S/C16H14F3NO2/c1-10-6-7-11(2)14(8-10)20-15(21)12-4-3-5-13(9-12)22-16(17,18)19/h3-9H,1-2H3,(H,20,21). The normalized spacial score (nSPS) is 11.1. The molecule has 0 aliphatic carbocycles. The van der Waals surface area contributed by atoms with Crippen LogP contribution in [0.5, 0.6) is 5.75 Å². The molecule has 1 amide bonds. The molecule has 0 saturated carbocycles. The first-order valence-electron chi connectivity index (χ1n) is 6.49. The van der Waals surface area contributed by atoms with Crippen LogP contribution in [-0.4, -0.2) is 12.3 Å². The summed E-state index contributed by atoms with van der Waals surface area (Å²) >= 11 is 0. The Balaban J connectivity index is 2.19. The van der Waals surface area contributed by atoms with E-state index in [1.54, 1.807) is 6.07 Å². The number of benzene rings is 2. The van der Waals surface area contributed by atoms with E-state index in [1.165, 1.54) is 12.1 Å². The quantitative estimate of drug-likeness (QED) is 0.909. The number of anilines is 1. The average Bonchev–Trinajstić information content (AvgIpc) is 2.41. The van der Waals surface area contributed by atoms with Gasteiger partial charge in [-0.05, 0) is 49.2 Å². The van der Waals surface area contributed by atoms with Crippen LogP contribution in [0.25, 0.3) is 0 Å². The smallest absolute Gasteiger partial charge is 0.406 e. The molecular weight excluding hydrogens is 295 g/mol. The van der Waals surface area contributed by atoms with Gasteiger partial charge in [-0.2, -0.15) is 0 Å². The van der Waals surface area contributed by atoms with E-state index in [0.29, 0.717) is 5.69 Å². The van der Waals surface area contributed by atoms with Crippen molar-refractivity contribution in [3.63, 3.8) is 0 Å². The fraction of sp³-hybridized carbons (Fsp3) is 0.188. The zero-order chi connectivity index (χ0) is 16.3. The number of carbonyl (C=O) groups excluding carboxylic acids is 1. The van der Waals surface area contributed by atoms with Crippen LogP contribution in [0, 0.1) is 13.8 Å². The molecule has 0 aliphatic heterocycles. The lowest BCUT2D eigenvalue weighted by Crippen LogP contribution is -2.18. The van der Waals surface area contributed by atoms with E-state index in [4.69, 9.17) is 0 Å². The third-order valence-corrected chi connectivity index (χ3v) is 2.97. The summed E-state index contributed by atoms with van der Waals surface area (Å²) in [5, 5.41) is 2.68. The van der Waals surface area contributed by atoms with Crippen molar-refractivity contribution in [2.75, 3.05) is 5.32 Å². The highest BCUT2D eigenvalue weighted by Crippen LogP contribution is 2.24. The fourth-order valence-electron chi connectivity index (χ4n) is 1.90. The SMILES string of the molecule is Cc1ccc(C)c(NC(=O)c2cccc(OC(F)(F)F)c2)c1. The van der Waals surface area contributed by atoms with Crippen LogP contribution in [0.15, 0.2) is 42.5 Å². The van der Waals surface area contributed by atoms with Gasteiger partial charge in [-0.25, -0.2) is 0 Å². The predicted molar refractivity (Wildman–Crippen MR) is 77.0 cm³/mol. The lowest BCUT2D eigenvalue weighted by Gasteiger charge is -2.11. The van der Waals surface area contributed by atoms with E-state index < -0.39 is 18.0 Å². The van der Waals surface area contributed by atoms with Crippen LogP contribution in [0.1, 0.15) is 21.5 Å². The number of ether oxygens (including phenoxy) is 1. The van der Waals surface area contributed by atoms with Gasteiger partial charge in [0.05, 0.1) is 0 Å². The maximum atomic E-state index is 12.2. The minimum atomic E-state index is -4.79. The van der Waals surface area contributed by atoms with E-state index in [0.717, 1.165) is 23.3 Å². The fourth-order valence-corrected chi connectivity index (χ4v) is 1.90. The Kier molecular flexibility index (Phi) is 4.40. The van der Waals surface area contributed by atoms with Crippen molar-refractivity contribution in [3.05, 3.63) is 59.2 Å². The molecule has 3 nitrogen and oxygen atoms in total. The van der Waals surface area contributed by atoms with E-state index in [2.05, 4.69) is 10.1 Å². The predicted octanol–water partition coefficient (Wildman–Crippen LogP) is 4.45. The van der Waals surface area contributed by atoms with Crippen molar-refractivity contribution < 1.29 is 22.7 Å². The highest BCUT2D eigenvalue weighted by atomic mass is 19.4. The molecule has 116 valence electrons. The van der Waals surface area contributed by atoms with Crippen molar-refractivity contribution >= 4 is 11.6 Å². The van der Waals surface area contributed by atoms with Crippen molar-refractivity contribution in [2.45, 2.75) is 20.2 Å². The molecule has 0 spiro atoms. The average molecular weight is 309 g/mol. The molecule has 1 N–H and O–H groups in total. The molecule has 0 saturated heterocycles. The molecular formula is C16H14F3NO2. The number of carbonyl (C=O) groups is 1. The van der Waals surface area contributed by atoms with Gasteiger partial charge < -0.3 is 10.1 Å². The molecule has 2 aromatic rings. The second kappa shape index (κ2) is 6.09. The van der Waals surface area contributed by atoms with Gasteiger partial charge >= 0.3 is 6.36 Å². The number of nitrogens with one attached hydrogen (secondary N) is 1. The van der Waals surface area contributed by atoms with Gasteiger partial charge in [-0.15, -0.1) is 13.2 Å². The Bertz CT molecular complexity index is 696. The van der Waals surface area contributed by atoms with Crippen LogP contribution in [0.2, 0.25) is 0 Å². The largest absolute Gasteiger partial charge is 0.573 e. The number of hydrogen-bond acceptors (Lipinski definition) is 2. The molecule has 22 heavy (non-hydrogen) atoms. The van der Waals surface area contributed by atoms with Crippen LogP contribution >= 0.6 is 0 Å². The molecule has 0 heterocycles. The number of halogens is 3. The number of alkyl halides is 3. The van der Waals surface area contributed by atoms with E-state index >= 15 is 0 Å². The van der Waals surface area contributed by atoms with Gasteiger partial charge in [0.15, 0.2) is 0 Å². The summed E-state index contributed by atoms with van der Waals surface area (Å²) in [5.74, 6) is -0.928. The highest BCUT2D eigenvalue weighted by molar-refractivity contribution is 6.04. The first kappa shape index (κ1) is 15.9. The van der Waals surface area contributed by atoms with E-state index in [-0.39, 0.29) is 5.56 Å². The zero-order valence-corrected chi connectivity index (χ0v) is 12.0. The zero-order valence-electron chi connectivity index (χ0n) is 12.0. The molecule has 0 fully saturated rings. The number of rotatable bonds is 3. The van der Waals surface area contributed by atoms with Gasteiger partial charge in [0, 0.05) is 11.3 Å². The van der Waals surface area contributed by atoms with Crippen molar-refractivity contribution in [1.29, 1.82) is 0 Å². The van der Waals surface area contributed by atoms with E-state index in [9.17, 15) is 18.0 Å². The summed E-state index contributed by atoms with van der Waals surface area (Å²) in [6.07, 6.45) is -4.79. The monoisotopic (exact) mass is 309 g/mol. The molecule has 6 heteroatoms. The Morgan fingerprint density at radius 2 is 1.82 bits per heavy atom. The molecule has 0 bridgehead atoms. The topological polar surface area (TPSA) is 38.3 Å². The molecule has 2 rings (SSSR count). The summed E-state index contributed by atoms with van der Waals surface area (Å²) < 4.78 is 40.4. The van der Waals surface area contributed by atoms with Crippen LogP contribution < -0.4 is 10.1 Å². The number of amides is 1. The van der Waals surface area contributed by atoms with Gasteiger partial charge in [-0.1, -0.05) is 18.2 Å². The van der Waals surface area contributed by atoms with E-state index in [1.807, 2.05) is 26.0 Å². The number of aryl methyl sites for hydroxylation is 2. The molecule has 0 unspecified atom stereocenters. The van der Waals surface area contributed by atoms with Crippen molar-refractivity contribution in [3.8, 4) is 5.75 Å². The van der Waals surface area contributed by atoms with Crippen LogP contribution in [0.3, 0.4) is 0 Å². The first-order valence-corrected chi connectivity index (χ1v) is 6.49. The molecule has 0 aliphatic rings. The van der Waals surface area contributed by atoms with Gasteiger partial charge in [0.2, 0.25) is 0 Å². The minimum Gasteiger partial charge on any atom is -0.406 e. The second-order valence-electron chi connectivity index (χ2n) is 4.85. The third kappa shape index (κ3) is 4.25. The summed E-state index contributed by atoms with van der Waals surface area (Å²) in [7, 11) is 0. The third-order valence-electron chi connectivity index (χ3n) is 2.97. The molecule has 0 aromatic heterocycles. The van der Waals surface area contributed by atoms with Crippen molar-refractivity contribution in [1.82, 2.24) is 0 Å². The molecule has 0 atom stereocenters. The summed E-state index contributed by atoms with van der Waals surface area (Å²) in [6.45, 7) is 3.71. The Labute approximate surface area is 125 Å². The minimum absolute atomic E-state index is 0.0858. The maximum Gasteiger partial charge on any atom is 0.573 e. The number of hydrogen-bond donors (Lipinski definition) is 1. The molecule has 0 radical (unpaired) electrons. The first-order chi connectivity index (χ1) is 10.2. The summed E-state index contributed by atoms with van der Waals surface area (Å²) in [5.41, 5.74) is 2.53. The molecule has 2 aromatic carbocycles. The van der Waals surface area contributed by atoms with Crippen LogP contribution in [-0.2, 0) is 0 Å². The van der Waals surface area contributed by atoms with Gasteiger partial charge in [0.25, 0.3) is 5.91 Å². The lowest BCUT2D eigenvalue weighted by atomic mass is 10.1. The highest BCUT2D eigenvalue weighted by Gasteiger charge is 2.31. The van der Waals surface area contributed by atoms with Crippen molar-refractivity contribution in [2.24, 2.45) is 0 Å². The van der Waals surface area contributed by atoms with Crippen LogP contribution in [0.4, 0.5) is 18.9 Å². The Hall–Kier alpha value is -2.50. The Morgan fingerprint density at radius 1 is 1.09 bits per heavy atom.